The molecule has 0 bridgehead atoms. The second kappa shape index (κ2) is 5.81. The normalized spacial score (nSPS) is 10.1. The first-order valence-electron chi connectivity index (χ1n) is 5.60. The average molecular weight is 321 g/mol. The van der Waals surface area contributed by atoms with Gasteiger partial charge in [0.05, 0.1) is 11.4 Å². The van der Waals surface area contributed by atoms with Gasteiger partial charge in [0.2, 0.25) is 0 Å². The number of aryl methyl sites for hydroxylation is 1. The van der Waals surface area contributed by atoms with Crippen molar-refractivity contribution in [2.45, 2.75) is 6.92 Å². The summed E-state index contributed by atoms with van der Waals surface area (Å²) in [5.41, 5.74) is 5.20. The topological polar surface area (TPSA) is 80.0 Å². The van der Waals surface area contributed by atoms with Crippen LogP contribution in [0.2, 0.25) is 0 Å². The molecule has 0 aliphatic rings. The fraction of sp³-hybridized carbons (Fsp3) is 0.0769. The number of hydrogen-bond acceptors (Lipinski definition) is 4. The van der Waals surface area contributed by atoms with Crippen molar-refractivity contribution in [2.24, 2.45) is 5.84 Å². The Balaban J connectivity index is 2.20. The number of hydrogen-bond donors (Lipinski definition) is 3. The van der Waals surface area contributed by atoms with Crippen LogP contribution in [-0.4, -0.2) is 10.9 Å². The molecule has 19 heavy (non-hydrogen) atoms. The van der Waals surface area contributed by atoms with Crippen LogP contribution in [0, 0.1) is 6.92 Å². The zero-order chi connectivity index (χ0) is 13.8. The first kappa shape index (κ1) is 13.5. The number of halogens is 1. The molecule has 0 aliphatic carbocycles. The summed E-state index contributed by atoms with van der Waals surface area (Å²) in [5.74, 6) is 5.01. The monoisotopic (exact) mass is 320 g/mol. The second-order valence-electron chi connectivity index (χ2n) is 4.01. The number of nitrogens with two attached hydrogens (primary N) is 1. The van der Waals surface area contributed by atoms with E-state index in [4.69, 9.17) is 5.84 Å². The molecule has 0 radical (unpaired) electrons. The highest BCUT2D eigenvalue weighted by Crippen LogP contribution is 2.23. The fourth-order valence-electron chi connectivity index (χ4n) is 1.55. The molecule has 0 saturated heterocycles. The molecule has 1 amide bonds. The van der Waals surface area contributed by atoms with Gasteiger partial charge in [-0.2, -0.15) is 0 Å². The van der Waals surface area contributed by atoms with Crippen LogP contribution in [0.5, 0.6) is 0 Å². The van der Waals surface area contributed by atoms with Gasteiger partial charge >= 0.3 is 0 Å². The Kier molecular flexibility index (Phi) is 4.13. The maximum absolute atomic E-state index is 12.1. The summed E-state index contributed by atoms with van der Waals surface area (Å²) in [6, 6.07) is 8.95. The molecule has 6 heteroatoms. The van der Waals surface area contributed by atoms with E-state index >= 15 is 0 Å². The van der Waals surface area contributed by atoms with E-state index in [0.29, 0.717) is 17.1 Å². The van der Waals surface area contributed by atoms with Crippen LogP contribution < -0.4 is 16.6 Å². The fourth-order valence-corrected chi connectivity index (χ4v) is 2.14. The third kappa shape index (κ3) is 3.30. The largest absolute Gasteiger partial charge is 0.324 e. The first-order valence-corrected chi connectivity index (χ1v) is 6.39. The Morgan fingerprint density at radius 2 is 2.11 bits per heavy atom. The highest BCUT2D eigenvalue weighted by atomic mass is 79.9. The van der Waals surface area contributed by atoms with Crippen LogP contribution in [-0.2, 0) is 0 Å². The Morgan fingerprint density at radius 1 is 1.32 bits per heavy atom. The zero-order valence-electron chi connectivity index (χ0n) is 10.3. The van der Waals surface area contributed by atoms with Crippen molar-refractivity contribution in [3.05, 3.63) is 52.3 Å². The summed E-state index contributed by atoms with van der Waals surface area (Å²) in [5, 5.41) is 2.79. The van der Waals surface area contributed by atoms with Crippen molar-refractivity contribution in [3.63, 3.8) is 0 Å². The van der Waals surface area contributed by atoms with Crippen LogP contribution in [0.15, 0.2) is 41.0 Å². The molecule has 0 fully saturated rings. The van der Waals surface area contributed by atoms with Gasteiger partial charge in [0.1, 0.15) is 5.69 Å². The van der Waals surface area contributed by atoms with E-state index in [1.165, 1.54) is 6.20 Å². The van der Waals surface area contributed by atoms with Crippen molar-refractivity contribution >= 4 is 33.2 Å². The minimum Gasteiger partial charge on any atom is -0.324 e. The van der Waals surface area contributed by atoms with Gasteiger partial charge in [0, 0.05) is 10.7 Å². The number of nitrogen functional groups attached to an aromatic ring is 1. The lowest BCUT2D eigenvalue weighted by Crippen LogP contribution is -2.15. The number of amides is 1. The molecule has 2 rings (SSSR count). The molecule has 98 valence electrons. The van der Waals surface area contributed by atoms with Crippen molar-refractivity contribution in [3.8, 4) is 0 Å². The van der Waals surface area contributed by atoms with Gasteiger partial charge < -0.3 is 10.7 Å². The van der Waals surface area contributed by atoms with Crippen LogP contribution in [0.1, 0.15) is 16.1 Å². The molecule has 0 unspecified atom stereocenters. The van der Waals surface area contributed by atoms with Crippen molar-refractivity contribution in [1.82, 2.24) is 4.98 Å². The molecule has 0 atom stereocenters. The van der Waals surface area contributed by atoms with Crippen LogP contribution in [0.25, 0.3) is 0 Å². The van der Waals surface area contributed by atoms with Gasteiger partial charge in [0.25, 0.3) is 5.91 Å². The highest BCUT2D eigenvalue weighted by molar-refractivity contribution is 9.10. The van der Waals surface area contributed by atoms with Crippen LogP contribution in [0.3, 0.4) is 0 Å². The molecule has 0 spiro atoms. The lowest BCUT2D eigenvalue weighted by atomic mass is 10.2. The van der Waals surface area contributed by atoms with Gasteiger partial charge in [-0.15, -0.1) is 0 Å². The minimum atomic E-state index is -0.290. The van der Waals surface area contributed by atoms with E-state index in [1.807, 2.05) is 25.1 Å². The lowest BCUT2D eigenvalue weighted by molar-refractivity contribution is 0.102. The molecule has 5 nitrogen and oxygen atoms in total. The number of anilines is 2. The maximum atomic E-state index is 12.1. The van der Waals surface area contributed by atoms with Crippen molar-refractivity contribution < 1.29 is 4.79 Å². The Hall–Kier alpha value is -1.92. The highest BCUT2D eigenvalue weighted by Gasteiger charge is 2.10. The maximum Gasteiger partial charge on any atom is 0.274 e. The van der Waals surface area contributed by atoms with Gasteiger partial charge in [-0.1, -0.05) is 6.07 Å². The predicted octanol–water partition coefficient (Wildman–Crippen LogP) is 2.69. The molecular formula is C13H13BrN4O. The SMILES string of the molecule is Cc1ccc(NC(=O)c2cc(NN)ccn2)c(Br)c1. The molecule has 1 aromatic carbocycles. The number of nitrogens with zero attached hydrogens (tertiary/aromatic N) is 1. The summed E-state index contributed by atoms with van der Waals surface area (Å²) < 4.78 is 0.828. The predicted molar refractivity (Wildman–Crippen MR) is 78.9 cm³/mol. The third-order valence-corrected chi connectivity index (χ3v) is 3.19. The molecule has 4 N–H and O–H groups in total. The van der Waals surface area contributed by atoms with E-state index in [-0.39, 0.29) is 5.91 Å². The number of nitrogens with one attached hydrogen (secondary N) is 2. The quantitative estimate of drug-likeness (QED) is 0.600. The van der Waals surface area contributed by atoms with E-state index in [1.54, 1.807) is 12.1 Å². The van der Waals surface area contributed by atoms with Crippen LogP contribution >= 0.6 is 15.9 Å². The minimum absolute atomic E-state index is 0.290. The van der Waals surface area contributed by atoms with E-state index in [0.717, 1.165) is 10.0 Å². The van der Waals surface area contributed by atoms with Gasteiger partial charge in [0.15, 0.2) is 0 Å². The molecule has 2 aromatic rings. The summed E-state index contributed by atoms with van der Waals surface area (Å²) in [7, 11) is 0. The Labute approximate surface area is 119 Å². The number of pyridine rings is 1. The van der Waals surface area contributed by atoms with Crippen molar-refractivity contribution in [2.75, 3.05) is 10.7 Å². The van der Waals surface area contributed by atoms with E-state index < -0.39 is 0 Å². The van der Waals surface area contributed by atoms with Gasteiger partial charge in [-0.05, 0) is 52.7 Å². The first-order chi connectivity index (χ1) is 9.10. The average Bonchev–Trinajstić information content (AvgIpc) is 2.42. The summed E-state index contributed by atoms with van der Waals surface area (Å²) in [4.78, 5) is 16.1. The summed E-state index contributed by atoms with van der Waals surface area (Å²) >= 11 is 3.41. The number of hydrazine groups is 1. The van der Waals surface area contributed by atoms with Gasteiger partial charge in [-0.25, -0.2) is 0 Å². The molecule has 1 aromatic heterocycles. The number of benzene rings is 1. The molecule has 0 aliphatic heterocycles. The number of aromatic nitrogens is 1. The molecule has 0 saturated carbocycles. The second-order valence-corrected chi connectivity index (χ2v) is 4.87. The third-order valence-electron chi connectivity index (χ3n) is 2.53. The smallest absolute Gasteiger partial charge is 0.274 e. The van der Waals surface area contributed by atoms with Crippen LogP contribution in [0.4, 0.5) is 11.4 Å². The standard InChI is InChI=1S/C13H13BrN4O/c1-8-2-3-11(10(14)6-8)17-13(19)12-7-9(18-15)4-5-16-12/h2-7H,15H2,1H3,(H,16,18)(H,17,19). The van der Waals surface area contributed by atoms with E-state index in [9.17, 15) is 4.79 Å². The summed E-state index contributed by atoms with van der Waals surface area (Å²) in [6.45, 7) is 1.98. The number of rotatable bonds is 3. The summed E-state index contributed by atoms with van der Waals surface area (Å²) in [6.07, 6.45) is 1.52. The number of carbonyl (C=O) groups is 1. The van der Waals surface area contributed by atoms with E-state index in [2.05, 4.69) is 31.7 Å². The number of carbonyl (C=O) groups excluding carboxylic acids is 1. The molecule has 1 heterocycles. The Morgan fingerprint density at radius 3 is 2.79 bits per heavy atom. The van der Waals surface area contributed by atoms with Gasteiger partial charge in [-0.3, -0.25) is 15.6 Å². The molecular weight excluding hydrogens is 308 g/mol. The Bertz CT molecular complexity index is 615. The lowest BCUT2D eigenvalue weighted by Gasteiger charge is -2.08. The zero-order valence-corrected chi connectivity index (χ0v) is 11.9. The van der Waals surface area contributed by atoms with Crippen molar-refractivity contribution in [1.29, 1.82) is 0 Å².